The molecule has 2 aromatic carbocycles. The minimum absolute atomic E-state index is 0.0436. The lowest BCUT2D eigenvalue weighted by molar-refractivity contribution is -0.121. The van der Waals surface area contributed by atoms with Gasteiger partial charge in [0.25, 0.3) is 0 Å². The number of halogens is 1. The second-order valence-corrected chi connectivity index (χ2v) is 7.16. The van der Waals surface area contributed by atoms with Crippen LogP contribution in [0, 0.1) is 0 Å². The van der Waals surface area contributed by atoms with Crippen LogP contribution in [0.1, 0.15) is 19.3 Å². The zero-order chi connectivity index (χ0) is 19.9. The minimum atomic E-state index is -0.221. The Labute approximate surface area is 169 Å². The van der Waals surface area contributed by atoms with Gasteiger partial charge < -0.3 is 15.4 Å². The number of hydrogen-bond acceptors (Lipinski definition) is 4. The topological polar surface area (TPSA) is 70.7 Å². The molecular weight excluding hydrogens is 378 g/mol. The van der Waals surface area contributed by atoms with Gasteiger partial charge in [0.05, 0.1) is 13.2 Å². The zero-order valence-electron chi connectivity index (χ0n) is 15.8. The number of benzene rings is 2. The Bertz CT molecular complexity index is 826. The van der Waals surface area contributed by atoms with Gasteiger partial charge in [-0.15, -0.1) is 0 Å². The van der Waals surface area contributed by atoms with Gasteiger partial charge in [0.15, 0.2) is 0 Å². The highest BCUT2D eigenvalue weighted by Crippen LogP contribution is 2.21. The van der Waals surface area contributed by atoms with Crippen molar-refractivity contribution < 1.29 is 14.3 Å². The van der Waals surface area contributed by atoms with Crippen molar-refractivity contribution >= 4 is 34.8 Å². The lowest BCUT2D eigenvalue weighted by Gasteiger charge is -2.23. The predicted octanol–water partition coefficient (Wildman–Crippen LogP) is 3.78. The number of ether oxygens (including phenoxy) is 1. The Kier molecular flexibility index (Phi) is 6.90. The molecule has 2 amide bonds. The number of rotatable bonds is 7. The SMILES string of the molecule is COc1ccc(NC(=O)C2CCCN2CCC(=O)Nc2cccc(Cl)c2)cc1. The highest BCUT2D eigenvalue weighted by Gasteiger charge is 2.30. The fourth-order valence-corrected chi connectivity index (χ4v) is 3.52. The van der Waals surface area contributed by atoms with E-state index in [1.807, 2.05) is 24.3 Å². The van der Waals surface area contributed by atoms with Gasteiger partial charge in [0.1, 0.15) is 5.75 Å². The number of amides is 2. The van der Waals surface area contributed by atoms with E-state index in [1.54, 1.807) is 31.4 Å². The highest BCUT2D eigenvalue weighted by atomic mass is 35.5. The van der Waals surface area contributed by atoms with Crippen molar-refractivity contribution in [3.63, 3.8) is 0 Å². The van der Waals surface area contributed by atoms with E-state index in [2.05, 4.69) is 15.5 Å². The molecule has 0 saturated carbocycles. The van der Waals surface area contributed by atoms with Crippen LogP contribution in [-0.4, -0.2) is 43.0 Å². The van der Waals surface area contributed by atoms with Crippen LogP contribution in [-0.2, 0) is 9.59 Å². The lowest BCUT2D eigenvalue weighted by Crippen LogP contribution is -2.40. The molecule has 1 atom stereocenters. The first-order valence-electron chi connectivity index (χ1n) is 9.29. The Balaban J connectivity index is 1.50. The number of carbonyl (C=O) groups is 2. The Morgan fingerprint density at radius 1 is 1.14 bits per heavy atom. The zero-order valence-corrected chi connectivity index (χ0v) is 16.5. The van der Waals surface area contributed by atoms with E-state index in [1.165, 1.54) is 0 Å². The van der Waals surface area contributed by atoms with Crippen LogP contribution in [0.3, 0.4) is 0 Å². The molecule has 0 aromatic heterocycles. The molecule has 1 saturated heterocycles. The van der Waals surface area contributed by atoms with Crippen molar-refractivity contribution in [3.05, 3.63) is 53.6 Å². The first-order valence-corrected chi connectivity index (χ1v) is 9.67. The molecule has 28 heavy (non-hydrogen) atoms. The molecule has 1 aliphatic heterocycles. The van der Waals surface area contributed by atoms with Crippen LogP contribution in [0.2, 0.25) is 5.02 Å². The fourth-order valence-electron chi connectivity index (χ4n) is 3.33. The van der Waals surface area contributed by atoms with Gasteiger partial charge in [-0.2, -0.15) is 0 Å². The van der Waals surface area contributed by atoms with Crippen molar-refractivity contribution in [2.45, 2.75) is 25.3 Å². The van der Waals surface area contributed by atoms with Gasteiger partial charge >= 0.3 is 0 Å². The first-order chi connectivity index (χ1) is 13.5. The molecule has 2 N–H and O–H groups in total. The van der Waals surface area contributed by atoms with E-state index in [9.17, 15) is 9.59 Å². The largest absolute Gasteiger partial charge is 0.497 e. The lowest BCUT2D eigenvalue weighted by atomic mass is 10.2. The summed E-state index contributed by atoms with van der Waals surface area (Å²) in [6, 6.07) is 14.1. The first kappa shape index (κ1) is 20.2. The smallest absolute Gasteiger partial charge is 0.241 e. The van der Waals surface area contributed by atoms with Crippen LogP contribution >= 0.6 is 11.6 Å². The summed E-state index contributed by atoms with van der Waals surface area (Å²) in [5.41, 5.74) is 1.41. The Morgan fingerprint density at radius 3 is 2.64 bits per heavy atom. The van der Waals surface area contributed by atoms with Gasteiger partial charge in [-0.05, 0) is 61.9 Å². The molecular formula is C21H24ClN3O3. The van der Waals surface area contributed by atoms with Gasteiger partial charge in [-0.1, -0.05) is 17.7 Å². The second-order valence-electron chi connectivity index (χ2n) is 6.72. The standard InChI is InChI=1S/C21H24ClN3O3/c1-28-18-9-7-16(8-10-18)24-21(27)19-6-3-12-25(19)13-11-20(26)23-17-5-2-4-15(22)14-17/h2,4-5,7-10,14,19H,3,6,11-13H2,1H3,(H,23,26)(H,24,27). The summed E-state index contributed by atoms with van der Waals surface area (Å²) in [7, 11) is 1.60. The minimum Gasteiger partial charge on any atom is -0.497 e. The van der Waals surface area contributed by atoms with Crippen LogP contribution in [0.5, 0.6) is 5.75 Å². The van der Waals surface area contributed by atoms with Crippen LogP contribution in [0.25, 0.3) is 0 Å². The summed E-state index contributed by atoms with van der Waals surface area (Å²) >= 11 is 5.94. The molecule has 7 heteroatoms. The molecule has 0 radical (unpaired) electrons. The monoisotopic (exact) mass is 401 g/mol. The van der Waals surface area contributed by atoms with Gasteiger partial charge in [-0.25, -0.2) is 0 Å². The molecule has 0 spiro atoms. The third kappa shape index (κ3) is 5.47. The average molecular weight is 402 g/mol. The molecule has 148 valence electrons. The quantitative estimate of drug-likeness (QED) is 0.740. The molecule has 3 rings (SSSR count). The van der Waals surface area contributed by atoms with Crippen LogP contribution in [0.4, 0.5) is 11.4 Å². The maximum atomic E-state index is 12.7. The summed E-state index contributed by atoms with van der Waals surface area (Å²) in [5.74, 6) is 0.604. The number of hydrogen-bond donors (Lipinski definition) is 2. The molecule has 1 heterocycles. The van der Waals surface area contributed by atoms with Crippen LogP contribution < -0.4 is 15.4 Å². The number of likely N-dealkylation sites (tertiary alicyclic amines) is 1. The Morgan fingerprint density at radius 2 is 1.93 bits per heavy atom. The number of carbonyl (C=O) groups excluding carboxylic acids is 2. The van der Waals surface area contributed by atoms with Crippen molar-refractivity contribution in [3.8, 4) is 5.75 Å². The van der Waals surface area contributed by atoms with E-state index in [4.69, 9.17) is 16.3 Å². The van der Waals surface area contributed by atoms with Crippen molar-refractivity contribution in [1.29, 1.82) is 0 Å². The van der Waals surface area contributed by atoms with Crippen molar-refractivity contribution in [2.75, 3.05) is 30.8 Å². The van der Waals surface area contributed by atoms with E-state index >= 15 is 0 Å². The van der Waals surface area contributed by atoms with Crippen molar-refractivity contribution in [1.82, 2.24) is 4.90 Å². The number of nitrogens with one attached hydrogen (secondary N) is 2. The molecule has 1 unspecified atom stereocenters. The van der Waals surface area contributed by atoms with Gasteiger partial charge in [0.2, 0.25) is 11.8 Å². The predicted molar refractivity (Wildman–Crippen MR) is 111 cm³/mol. The molecule has 2 aromatic rings. The number of nitrogens with zero attached hydrogens (tertiary/aromatic N) is 1. The summed E-state index contributed by atoms with van der Waals surface area (Å²) in [6.45, 7) is 1.35. The normalized spacial score (nSPS) is 16.6. The number of methoxy groups -OCH3 is 1. The maximum Gasteiger partial charge on any atom is 0.241 e. The van der Waals surface area contributed by atoms with E-state index in [0.717, 1.165) is 30.8 Å². The molecule has 1 fully saturated rings. The van der Waals surface area contributed by atoms with E-state index in [0.29, 0.717) is 23.7 Å². The summed E-state index contributed by atoms with van der Waals surface area (Å²) < 4.78 is 5.13. The average Bonchev–Trinajstić information content (AvgIpc) is 3.16. The molecule has 0 bridgehead atoms. The summed E-state index contributed by atoms with van der Waals surface area (Å²) in [4.78, 5) is 26.9. The van der Waals surface area contributed by atoms with Gasteiger partial charge in [-0.3, -0.25) is 14.5 Å². The molecule has 0 aliphatic carbocycles. The Hall–Kier alpha value is -2.57. The third-order valence-corrected chi connectivity index (χ3v) is 4.99. The molecule has 1 aliphatic rings. The summed E-state index contributed by atoms with van der Waals surface area (Å²) in [5, 5.41) is 6.36. The number of anilines is 2. The van der Waals surface area contributed by atoms with E-state index in [-0.39, 0.29) is 17.9 Å². The summed E-state index contributed by atoms with van der Waals surface area (Å²) in [6.07, 6.45) is 2.05. The van der Waals surface area contributed by atoms with Crippen molar-refractivity contribution in [2.24, 2.45) is 0 Å². The maximum absolute atomic E-state index is 12.7. The van der Waals surface area contributed by atoms with E-state index < -0.39 is 0 Å². The van der Waals surface area contributed by atoms with Gasteiger partial charge in [0, 0.05) is 29.4 Å². The highest BCUT2D eigenvalue weighted by molar-refractivity contribution is 6.30. The third-order valence-electron chi connectivity index (χ3n) is 4.76. The van der Waals surface area contributed by atoms with Crippen LogP contribution in [0.15, 0.2) is 48.5 Å². The second kappa shape index (κ2) is 9.57. The molecule has 6 nitrogen and oxygen atoms in total. The fraction of sp³-hybridized carbons (Fsp3) is 0.333.